The van der Waals surface area contributed by atoms with Gasteiger partial charge in [0, 0.05) is 58.5 Å². The number of ether oxygens (including phenoxy) is 1. The summed E-state index contributed by atoms with van der Waals surface area (Å²) in [6.45, 7) is 4.42. The lowest BCUT2D eigenvalue weighted by molar-refractivity contribution is -0.135. The fourth-order valence-electron chi connectivity index (χ4n) is 5.03. The van der Waals surface area contributed by atoms with Crippen LogP contribution < -0.4 is 15.7 Å². The van der Waals surface area contributed by atoms with E-state index >= 15 is 0 Å². The highest BCUT2D eigenvalue weighted by Gasteiger charge is 2.37. The number of amides is 2. The molecule has 2 aromatic rings. The van der Waals surface area contributed by atoms with E-state index in [1.807, 2.05) is 18.2 Å². The second-order valence-electron chi connectivity index (χ2n) is 9.01. The Kier molecular flexibility index (Phi) is 5.10. The number of hydrogen-bond acceptors (Lipinski definition) is 6. The molecule has 1 N–H and O–H groups in total. The molecule has 1 atom stereocenters. The molecule has 5 rings (SSSR count). The van der Waals surface area contributed by atoms with Gasteiger partial charge in [-0.15, -0.1) is 0 Å². The number of benzene rings is 1. The van der Waals surface area contributed by atoms with Crippen molar-refractivity contribution in [3.8, 4) is 5.75 Å². The largest absolute Gasteiger partial charge is 0.488 e. The first-order valence-corrected chi connectivity index (χ1v) is 11.0. The average molecular weight is 428 g/mol. The van der Waals surface area contributed by atoms with Gasteiger partial charge in [-0.3, -0.25) is 28.9 Å². The van der Waals surface area contributed by atoms with Crippen molar-refractivity contribution in [1.29, 1.82) is 0 Å². The molecule has 3 fully saturated rings. The molecule has 9 heteroatoms. The van der Waals surface area contributed by atoms with Gasteiger partial charge in [0.05, 0.1) is 5.52 Å². The maximum atomic E-state index is 13.0. The standard InChI is InChI=1S/C22H29N5O4/c1-24-8-10-26(11-9-24)14-12-15(13-14)31-18-5-3-4-16-20(18)25(2)22(30)27(16)17-6-7-19(28)23-21(17)29/h3-5,14-15,17H,6-13H2,1-2H3,(H,23,28,29). The monoisotopic (exact) mass is 427 g/mol. The Hall–Kier alpha value is -2.65. The van der Waals surface area contributed by atoms with Crippen LogP contribution in [0.25, 0.3) is 11.0 Å². The fourth-order valence-corrected chi connectivity index (χ4v) is 5.03. The molecule has 1 aliphatic carbocycles. The number of aryl methyl sites for hydroxylation is 1. The van der Waals surface area contributed by atoms with Crippen LogP contribution in [0.4, 0.5) is 0 Å². The van der Waals surface area contributed by atoms with Gasteiger partial charge >= 0.3 is 5.69 Å². The van der Waals surface area contributed by atoms with Crippen LogP contribution >= 0.6 is 0 Å². The first-order valence-electron chi connectivity index (χ1n) is 11.0. The molecule has 1 saturated carbocycles. The van der Waals surface area contributed by atoms with Gasteiger partial charge in [0.2, 0.25) is 11.8 Å². The number of carbonyl (C=O) groups is 2. The second kappa shape index (κ2) is 7.80. The Labute approximate surface area is 180 Å². The molecule has 1 unspecified atom stereocenters. The fraction of sp³-hybridized carbons (Fsp3) is 0.591. The summed E-state index contributed by atoms with van der Waals surface area (Å²) < 4.78 is 9.37. The van der Waals surface area contributed by atoms with Gasteiger partial charge in [-0.05, 0) is 25.6 Å². The van der Waals surface area contributed by atoms with E-state index < -0.39 is 11.9 Å². The lowest BCUT2D eigenvalue weighted by Crippen LogP contribution is -2.55. The van der Waals surface area contributed by atoms with Gasteiger partial charge in [0.25, 0.3) is 0 Å². The van der Waals surface area contributed by atoms with E-state index in [1.165, 1.54) is 4.57 Å². The van der Waals surface area contributed by atoms with E-state index in [0.717, 1.165) is 39.0 Å². The van der Waals surface area contributed by atoms with Crippen LogP contribution in [0.5, 0.6) is 5.75 Å². The molecule has 3 aliphatic rings. The average Bonchev–Trinajstić information content (AvgIpc) is 2.97. The number of rotatable bonds is 4. The smallest absolute Gasteiger partial charge is 0.329 e. The topological polar surface area (TPSA) is 88.8 Å². The van der Waals surface area contributed by atoms with E-state index in [0.29, 0.717) is 29.2 Å². The maximum Gasteiger partial charge on any atom is 0.329 e. The highest BCUT2D eigenvalue weighted by molar-refractivity contribution is 6.00. The molecular weight excluding hydrogens is 398 g/mol. The molecule has 0 spiro atoms. The Morgan fingerprint density at radius 2 is 1.77 bits per heavy atom. The van der Waals surface area contributed by atoms with Gasteiger partial charge in [0.1, 0.15) is 23.4 Å². The van der Waals surface area contributed by atoms with Gasteiger partial charge < -0.3 is 9.64 Å². The SMILES string of the molecule is CN1CCN(C2CC(Oc3cccc4c3n(C)c(=O)n4C3CCC(=O)NC3=O)C2)CC1. The summed E-state index contributed by atoms with van der Waals surface area (Å²) >= 11 is 0. The second-order valence-corrected chi connectivity index (χ2v) is 9.01. The van der Waals surface area contributed by atoms with Crippen LogP contribution in [0.1, 0.15) is 31.7 Å². The van der Waals surface area contributed by atoms with Crippen molar-refractivity contribution in [2.45, 2.75) is 43.9 Å². The van der Waals surface area contributed by atoms with Gasteiger partial charge in [0.15, 0.2) is 0 Å². The Morgan fingerprint density at radius 1 is 1.03 bits per heavy atom. The molecule has 0 bridgehead atoms. The third-order valence-electron chi connectivity index (χ3n) is 7.01. The molecule has 1 aromatic heterocycles. The van der Waals surface area contributed by atoms with Crippen molar-refractivity contribution in [3.63, 3.8) is 0 Å². The van der Waals surface area contributed by atoms with Gasteiger partial charge in [-0.2, -0.15) is 0 Å². The molecular formula is C22H29N5O4. The third-order valence-corrected chi connectivity index (χ3v) is 7.01. The highest BCUT2D eigenvalue weighted by Crippen LogP contribution is 2.34. The number of para-hydroxylation sites is 1. The van der Waals surface area contributed by atoms with Crippen LogP contribution in [0, 0.1) is 0 Å². The van der Waals surface area contributed by atoms with Gasteiger partial charge in [-0.25, -0.2) is 4.79 Å². The minimum atomic E-state index is -0.686. The van der Waals surface area contributed by atoms with Gasteiger partial charge in [-0.1, -0.05) is 6.07 Å². The Balaban J connectivity index is 1.36. The molecule has 1 aromatic carbocycles. The van der Waals surface area contributed by atoms with E-state index in [4.69, 9.17) is 4.74 Å². The lowest BCUT2D eigenvalue weighted by atomic mass is 9.87. The lowest BCUT2D eigenvalue weighted by Gasteiger charge is -2.45. The highest BCUT2D eigenvalue weighted by atomic mass is 16.5. The van der Waals surface area contributed by atoms with E-state index in [1.54, 1.807) is 11.6 Å². The molecule has 31 heavy (non-hydrogen) atoms. The van der Waals surface area contributed by atoms with Crippen molar-refractivity contribution in [2.75, 3.05) is 33.2 Å². The van der Waals surface area contributed by atoms with Crippen molar-refractivity contribution in [3.05, 3.63) is 28.7 Å². The number of imide groups is 1. The maximum absolute atomic E-state index is 13.0. The molecule has 2 aliphatic heterocycles. The predicted octanol–water partition coefficient (Wildman–Crippen LogP) is 0.475. The zero-order valence-corrected chi connectivity index (χ0v) is 18.0. The Morgan fingerprint density at radius 3 is 2.48 bits per heavy atom. The molecule has 3 heterocycles. The normalized spacial score (nSPS) is 27.9. The summed E-state index contributed by atoms with van der Waals surface area (Å²) in [6.07, 6.45) is 2.66. The predicted molar refractivity (Wildman–Crippen MR) is 115 cm³/mol. The van der Waals surface area contributed by atoms with E-state index in [-0.39, 0.29) is 24.1 Å². The molecule has 2 amide bonds. The van der Waals surface area contributed by atoms with Crippen molar-refractivity contribution >= 4 is 22.8 Å². The number of carbonyl (C=O) groups excluding carboxylic acids is 2. The quantitative estimate of drug-likeness (QED) is 0.714. The first-order chi connectivity index (χ1) is 14.9. The van der Waals surface area contributed by atoms with Crippen LogP contribution in [0.2, 0.25) is 0 Å². The van der Waals surface area contributed by atoms with Crippen molar-refractivity contribution in [2.24, 2.45) is 7.05 Å². The summed E-state index contributed by atoms with van der Waals surface area (Å²) in [5.74, 6) is -0.0467. The number of aromatic nitrogens is 2. The number of likely N-dealkylation sites (N-methyl/N-ethyl adjacent to an activating group) is 1. The Bertz CT molecular complexity index is 1080. The number of piperazine rings is 1. The summed E-state index contributed by atoms with van der Waals surface area (Å²) in [5.41, 5.74) is 1.08. The van der Waals surface area contributed by atoms with Crippen LogP contribution in [0.15, 0.2) is 23.0 Å². The van der Waals surface area contributed by atoms with E-state index in [9.17, 15) is 14.4 Å². The summed E-state index contributed by atoms with van der Waals surface area (Å²) in [5, 5.41) is 2.35. The molecule has 0 radical (unpaired) electrons. The summed E-state index contributed by atoms with van der Waals surface area (Å²) in [4.78, 5) is 41.8. The zero-order valence-electron chi connectivity index (χ0n) is 18.0. The minimum absolute atomic E-state index is 0.129. The van der Waals surface area contributed by atoms with Crippen LogP contribution in [-0.2, 0) is 16.6 Å². The molecule has 2 saturated heterocycles. The zero-order chi connectivity index (χ0) is 21.7. The molecule has 9 nitrogen and oxygen atoms in total. The number of piperidine rings is 1. The number of nitrogens with one attached hydrogen (secondary N) is 1. The number of hydrogen-bond donors (Lipinski definition) is 1. The van der Waals surface area contributed by atoms with Crippen LogP contribution in [-0.4, -0.2) is 76.1 Å². The first kappa shape index (κ1) is 20.3. The van der Waals surface area contributed by atoms with E-state index in [2.05, 4.69) is 22.2 Å². The number of fused-ring (bicyclic) bond motifs is 1. The number of imidazole rings is 1. The summed E-state index contributed by atoms with van der Waals surface area (Å²) in [6, 6.07) is 5.46. The summed E-state index contributed by atoms with van der Waals surface area (Å²) in [7, 11) is 3.86. The molecule has 166 valence electrons. The third kappa shape index (κ3) is 3.55. The van der Waals surface area contributed by atoms with Crippen LogP contribution in [0.3, 0.4) is 0 Å². The van der Waals surface area contributed by atoms with Crippen molar-refractivity contribution < 1.29 is 14.3 Å². The van der Waals surface area contributed by atoms with Crippen molar-refractivity contribution in [1.82, 2.24) is 24.3 Å². The minimum Gasteiger partial charge on any atom is -0.488 e. The number of nitrogens with zero attached hydrogens (tertiary/aromatic N) is 4.